The molecule has 1 fully saturated rings. The summed E-state index contributed by atoms with van der Waals surface area (Å²) in [6.07, 6.45) is -6.35. The molecule has 0 saturated heterocycles. The van der Waals surface area contributed by atoms with E-state index in [4.69, 9.17) is 0 Å². The van der Waals surface area contributed by atoms with Crippen LogP contribution in [0.3, 0.4) is 0 Å². The van der Waals surface area contributed by atoms with E-state index in [1.807, 2.05) is 0 Å². The molecule has 3 aromatic rings. The molecule has 1 aliphatic rings. The van der Waals surface area contributed by atoms with Crippen LogP contribution in [0.5, 0.6) is 0 Å². The third kappa shape index (κ3) is 4.17. The first-order valence-corrected chi connectivity index (χ1v) is 10.3. The van der Waals surface area contributed by atoms with E-state index in [1.54, 1.807) is 17.5 Å². The average molecular weight is 431 g/mol. The number of hydrogen-bond acceptors (Lipinski definition) is 1. The van der Waals surface area contributed by atoms with Crippen molar-refractivity contribution < 1.29 is 26.3 Å². The quantitative estimate of drug-likeness (QED) is 0.403. The highest BCUT2D eigenvalue weighted by Gasteiger charge is 2.38. The van der Waals surface area contributed by atoms with Gasteiger partial charge in [-0.2, -0.15) is 26.3 Å². The molecule has 4 rings (SSSR count). The Morgan fingerprint density at radius 2 is 1.76 bits per heavy atom. The molecule has 2 heterocycles. The maximum atomic E-state index is 13.5. The van der Waals surface area contributed by atoms with Gasteiger partial charge in [0, 0.05) is 27.4 Å². The lowest BCUT2D eigenvalue weighted by Crippen LogP contribution is -2.15. The van der Waals surface area contributed by atoms with E-state index >= 15 is 0 Å². The fourth-order valence-corrected chi connectivity index (χ4v) is 5.23. The summed E-state index contributed by atoms with van der Waals surface area (Å²) >= 11 is 1.24. The minimum atomic E-state index is -4.51. The van der Waals surface area contributed by atoms with E-state index in [-0.39, 0.29) is 11.4 Å². The van der Waals surface area contributed by atoms with Crippen LogP contribution in [0, 0.1) is 0 Å². The molecule has 1 aromatic carbocycles. The summed E-state index contributed by atoms with van der Waals surface area (Å²) in [7, 11) is 0. The van der Waals surface area contributed by atoms with Gasteiger partial charge in [0.2, 0.25) is 0 Å². The van der Waals surface area contributed by atoms with Crippen LogP contribution in [-0.2, 0) is 6.18 Å². The van der Waals surface area contributed by atoms with Crippen molar-refractivity contribution in [2.45, 2.75) is 56.3 Å². The van der Waals surface area contributed by atoms with Crippen LogP contribution in [0.4, 0.5) is 26.3 Å². The Morgan fingerprint density at radius 1 is 1.03 bits per heavy atom. The molecule has 1 nitrogen and oxygen atoms in total. The number of nitrogens with one attached hydrogen (secondary N) is 1. The first-order chi connectivity index (χ1) is 13.6. The van der Waals surface area contributed by atoms with Gasteiger partial charge in [-0.05, 0) is 47.9 Å². The Kier molecular flexibility index (Phi) is 5.17. The lowest BCUT2D eigenvalue weighted by Gasteiger charge is -2.21. The maximum Gasteiger partial charge on any atom is 0.416 e. The Morgan fingerprint density at radius 3 is 2.34 bits per heavy atom. The van der Waals surface area contributed by atoms with Crippen LogP contribution in [0.2, 0.25) is 0 Å². The first kappa shape index (κ1) is 20.3. The molecule has 0 aliphatic heterocycles. The molecular formula is C21H19F6NS. The van der Waals surface area contributed by atoms with E-state index in [2.05, 4.69) is 4.98 Å². The highest BCUT2D eigenvalue weighted by Crippen LogP contribution is 2.47. The third-order valence-electron chi connectivity index (χ3n) is 5.63. The maximum absolute atomic E-state index is 13.5. The molecule has 0 amide bonds. The van der Waals surface area contributed by atoms with E-state index in [0.29, 0.717) is 21.5 Å². The standard InChI is InChI=1S/C21H19F6NS/c22-20(23,24)11-15(17-6-3-9-29-17)18-14-8-7-13(21(25,26)27)10-16(14)28-19(18)12-4-1-2-5-12/h3,6-10,12,15,28H,1-2,4-5,11H2. The van der Waals surface area contributed by atoms with Crippen molar-refractivity contribution in [3.63, 3.8) is 0 Å². The van der Waals surface area contributed by atoms with Crippen LogP contribution in [0.1, 0.15) is 65.6 Å². The lowest BCUT2D eigenvalue weighted by atomic mass is 9.87. The lowest BCUT2D eigenvalue weighted by molar-refractivity contribution is -0.138. The predicted octanol–water partition coefficient (Wildman–Crippen LogP) is 7.99. The van der Waals surface area contributed by atoms with Crippen molar-refractivity contribution in [2.24, 2.45) is 0 Å². The summed E-state index contributed by atoms with van der Waals surface area (Å²) in [4.78, 5) is 3.66. The topological polar surface area (TPSA) is 15.8 Å². The fraction of sp³-hybridized carbons (Fsp3) is 0.429. The zero-order valence-corrected chi connectivity index (χ0v) is 16.1. The highest BCUT2D eigenvalue weighted by molar-refractivity contribution is 7.10. The first-order valence-electron chi connectivity index (χ1n) is 9.46. The largest absolute Gasteiger partial charge is 0.416 e. The number of halogens is 6. The highest BCUT2D eigenvalue weighted by atomic mass is 32.1. The van der Waals surface area contributed by atoms with E-state index < -0.39 is 30.3 Å². The zero-order valence-electron chi connectivity index (χ0n) is 15.3. The number of alkyl halides is 6. The van der Waals surface area contributed by atoms with Crippen molar-refractivity contribution in [3.05, 3.63) is 57.4 Å². The fourth-order valence-electron chi connectivity index (χ4n) is 4.39. The zero-order chi connectivity index (χ0) is 20.8. The van der Waals surface area contributed by atoms with Gasteiger partial charge in [-0.25, -0.2) is 0 Å². The van der Waals surface area contributed by atoms with Crippen LogP contribution in [-0.4, -0.2) is 11.2 Å². The molecule has 1 atom stereocenters. The molecule has 8 heteroatoms. The van der Waals surface area contributed by atoms with Gasteiger partial charge in [-0.3, -0.25) is 0 Å². The third-order valence-corrected chi connectivity index (χ3v) is 6.62. The number of thiophene rings is 1. The minimum Gasteiger partial charge on any atom is -0.358 e. The average Bonchev–Trinajstić information content (AvgIpc) is 3.37. The van der Waals surface area contributed by atoms with Gasteiger partial charge >= 0.3 is 12.4 Å². The minimum absolute atomic E-state index is 0.0439. The van der Waals surface area contributed by atoms with Crippen LogP contribution < -0.4 is 0 Å². The van der Waals surface area contributed by atoms with Crippen LogP contribution in [0.25, 0.3) is 10.9 Å². The van der Waals surface area contributed by atoms with Gasteiger partial charge in [0.25, 0.3) is 0 Å². The molecule has 0 radical (unpaired) electrons. The summed E-state index contributed by atoms with van der Waals surface area (Å²) in [5.74, 6) is -0.890. The molecule has 1 N–H and O–H groups in total. The van der Waals surface area contributed by atoms with E-state index in [0.717, 1.165) is 37.8 Å². The molecule has 1 saturated carbocycles. The number of aromatic amines is 1. The Hall–Kier alpha value is -1.96. The SMILES string of the molecule is FC(F)(F)CC(c1cccs1)c1c(C2CCCC2)[nH]c2cc(C(F)(F)F)ccc12. The van der Waals surface area contributed by atoms with E-state index in [1.165, 1.54) is 17.4 Å². The summed E-state index contributed by atoms with van der Waals surface area (Å²) in [5.41, 5.74) is 0.611. The molecule has 29 heavy (non-hydrogen) atoms. The number of rotatable bonds is 4. The van der Waals surface area contributed by atoms with Gasteiger partial charge in [0.15, 0.2) is 0 Å². The van der Waals surface area contributed by atoms with Crippen molar-refractivity contribution >= 4 is 22.2 Å². The second kappa shape index (κ2) is 7.38. The normalized spacial score (nSPS) is 17.3. The van der Waals surface area contributed by atoms with Gasteiger partial charge in [-0.15, -0.1) is 11.3 Å². The van der Waals surface area contributed by atoms with Crippen molar-refractivity contribution in [3.8, 4) is 0 Å². The van der Waals surface area contributed by atoms with E-state index in [9.17, 15) is 26.3 Å². The molecule has 156 valence electrons. The van der Waals surface area contributed by atoms with Crippen molar-refractivity contribution in [1.82, 2.24) is 4.98 Å². The van der Waals surface area contributed by atoms with Gasteiger partial charge in [0.05, 0.1) is 12.0 Å². The van der Waals surface area contributed by atoms with Gasteiger partial charge < -0.3 is 4.98 Å². The summed E-state index contributed by atoms with van der Waals surface area (Å²) < 4.78 is 79.9. The van der Waals surface area contributed by atoms with Crippen molar-refractivity contribution in [1.29, 1.82) is 0 Å². The van der Waals surface area contributed by atoms with Gasteiger partial charge in [-0.1, -0.05) is 25.0 Å². The molecule has 1 unspecified atom stereocenters. The molecular weight excluding hydrogens is 412 g/mol. The Bertz CT molecular complexity index is 977. The predicted molar refractivity (Wildman–Crippen MR) is 101 cm³/mol. The number of aromatic nitrogens is 1. The Labute approximate surface area is 167 Å². The molecule has 1 aliphatic carbocycles. The van der Waals surface area contributed by atoms with Crippen LogP contribution in [0.15, 0.2) is 35.7 Å². The smallest absolute Gasteiger partial charge is 0.358 e. The summed E-state index contributed by atoms with van der Waals surface area (Å²) in [6.45, 7) is 0. The molecule has 0 bridgehead atoms. The second-order valence-electron chi connectivity index (χ2n) is 7.58. The van der Waals surface area contributed by atoms with Crippen molar-refractivity contribution in [2.75, 3.05) is 0 Å². The second-order valence-corrected chi connectivity index (χ2v) is 8.56. The van der Waals surface area contributed by atoms with Crippen LogP contribution >= 0.6 is 11.3 Å². The van der Waals surface area contributed by atoms with Gasteiger partial charge in [0.1, 0.15) is 0 Å². The monoisotopic (exact) mass is 431 g/mol. The summed E-state index contributed by atoms with van der Waals surface area (Å²) in [5, 5.41) is 2.17. The number of H-pyrrole nitrogens is 1. The molecule has 0 spiro atoms. The molecule has 2 aromatic heterocycles. The Balaban J connectivity index is 1.92. The number of benzene rings is 1. The number of fused-ring (bicyclic) bond motifs is 1. The number of hydrogen-bond donors (Lipinski definition) is 1. The summed E-state index contributed by atoms with van der Waals surface area (Å²) in [6, 6.07) is 6.66.